The van der Waals surface area contributed by atoms with E-state index >= 15 is 0 Å². The number of benzodiazepines with no additional fused rings is 1. The monoisotopic (exact) mass is 570 g/mol. The Morgan fingerprint density at radius 1 is 0.975 bits per heavy atom. The molecule has 0 radical (unpaired) electrons. The van der Waals surface area contributed by atoms with Gasteiger partial charge in [0.15, 0.2) is 0 Å². The standard InChI is InChI=1S/C27H28F6N4O3/c1-16(27(31,32)33)15-21(38)34-17(2)24(39)36-23-25(40)37(14-8-13-26(28,29)30)20-12-7-6-11-19(20)22(35-23)18-9-4-3-5-10-18/h3-7,9-12,16-17,23H,8,13-15H2,1-2H3,(H,34,38)(H,36,39)/t16?,17-,23?/m0/s1. The molecule has 0 bridgehead atoms. The number of hydrogen-bond donors (Lipinski definition) is 2. The van der Waals surface area contributed by atoms with Crippen molar-refractivity contribution in [2.45, 2.75) is 57.7 Å². The molecule has 3 rings (SSSR count). The summed E-state index contributed by atoms with van der Waals surface area (Å²) in [4.78, 5) is 44.2. The van der Waals surface area contributed by atoms with Crippen LogP contribution >= 0.6 is 0 Å². The summed E-state index contributed by atoms with van der Waals surface area (Å²) in [5, 5.41) is 4.57. The van der Waals surface area contributed by atoms with Gasteiger partial charge < -0.3 is 15.5 Å². The number of nitrogens with one attached hydrogen (secondary N) is 2. The van der Waals surface area contributed by atoms with Gasteiger partial charge in [0.2, 0.25) is 18.0 Å². The largest absolute Gasteiger partial charge is 0.392 e. The second-order valence-electron chi connectivity index (χ2n) is 9.42. The van der Waals surface area contributed by atoms with Crippen LogP contribution in [0.15, 0.2) is 59.6 Å². The predicted octanol–water partition coefficient (Wildman–Crippen LogP) is 4.75. The lowest BCUT2D eigenvalue weighted by Crippen LogP contribution is -2.53. The van der Waals surface area contributed by atoms with Crippen molar-refractivity contribution in [3.8, 4) is 0 Å². The first kappa shape index (κ1) is 30.6. The zero-order valence-electron chi connectivity index (χ0n) is 21.6. The van der Waals surface area contributed by atoms with Crippen LogP contribution in [0.4, 0.5) is 32.0 Å². The Hall–Kier alpha value is -3.90. The number of rotatable bonds is 9. The molecule has 2 aromatic carbocycles. The number of para-hydroxylation sites is 1. The highest BCUT2D eigenvalue weighted by Crippen LogP contribution is 2.30. The van der Waals surface area contributed by atoms with Crippen LogP contribution in [0.25, 0.3) is 0 Å². The van der Waals surface area contributed by atoms with Gasteiger partial charge in [-0.15, -0.1) is 0 Å². The topological polar surface area (TPSA) is 90.9 Å². The third kappa shape index (κ3) is 8.06. The number of nitrogens with zero attached hydrogens (tertiary/aromatic N) is 2. The first-order chi connectivity index (χ1) is 18.7. The minimum atomic E-state index is -4.59. The van der Waals surface area contributed by atoms with E-state index in [0.29, 0.717) is 22.5 Å². The summed E-state index contributed by atoms with van der Waals surface area (Å²) in [6.07, 6.45) is -13.1. The Morgan fingerprint density at radius 3 is 2.23 bits per heavy atom. The predicted molar refractivity (Wildman–Crippen MR) is 136 cm³/mol. The van der Waals surface area contributed by atoms with Crippen molar-refractivity contribution < 1.29 is 40.7 Å². The Labute approximate surface area is 226 Å². The van der Waals surface area contributed by atoms with Gasteiger partial charge in [-0.2, -0.15) is 26.3 Å². The van der Waals surface area contributed by atoms with E-state index in [0.717, 1.165) is 11.8 Å². The Bertz CT molecular complexity index is 1250. The lowest BCUT2D eigenvalue weighted by atomic mass is 10.00. The lowest BCUT2D eigenvalue weighted by Gasteiger charge is -2.26. The van der Waals surface area contributed by atoms with Crippen LogP contribution in [0, 0.1) is 5.92 Å². The average Bonchev–Trinajstić information content (AvgIpc) is 2.98. The van der Waals surface area contributed by atoms with Crippen molar-refractivity contribution in [3.63, 3.8) is 0 Å². The highest BCUT2D eigenvalue weighted by Gasteiger charge is 2.38. The van der Waals surface area contributed by atoms with E-state index in [-0.39, 0.29) is 6.54 Å². The number of amides is 3. The molecule has 0 saturated heterocycles. The molecule has 2 aromatic rings. The molecule has 7 nitrogen and oxygen atoms in total. The summed E-state index contributed by atoms with van der Waals surface area (Å²) in [7, 11) is 0. The maximum Gasteiger partial charge on any atom is 0.392 e. The number of carbonyl (C=O) groups is 3. The van der Waals surface area contributed by atoms with E-state index in [1.54, 1.807) is 54.6 Å². The quantitative estimate of drug-likeness (QED) is 0.427. The molecule has 216 valence electrons. The van der Waals surface area contributed by atoms with Gasteiger partial charge in [0.05, 0.1) is 17.3 Å². The van der Waals surface area contributed by atoms with Crippen LogP contribution in [0.5, 0.6) is 0 Å². The van der Waals surface area contributed by atoms with Gasteiger partial charge in [0.1, 0.15) is 6.04 Å². The fourth-order valence-electron chi connectivity index (χ4n) is 4.04. The van der Waals surface area contributed by atoms with E-state index < -0.39 is 67.5 Å². The normalized spacial score (nSPS) is 17.3. The molecule has 1 heterocycles. The molecular formula is C27H28F6N4O3. The number of hydrogen-bond acceptors (Lipinski definition) is 4. The molecule has 1 aliphatic rings. The Morgan fingerprint density at radius 2 is 1.60 bits per heavy atom. The fraction of sp³-hybridized carbons (Fsp3) is 0.407. The Kier molecular flexibility index (Phi) is 9.59. The second-order valence-corrected chi connectivity index (χ2v) is 9.42. The van der Waals surface area contributed by atoms with Crippen LogP contribution in [-0.2, 0) is 14.4 Å². The van der Waals surface area contributed by atoms with Gasteiger partial charge >= 0.3 is 12.4 Å². The number of anilines is 1. The third-order valence-corrected chi connectivity index (χ3v) is 6.20. The summed E-state index contributed by atoms with van der Waals surface area (Å²) < 4.78 is 77.0. The number of fused-ring (bicyclic) bond motifs is 1. The van der Waals surface area contributed by atoms with Crippen molar-refractivity contribution in [2.24, 2.45) is 10.9 Å². The molecule has 0 spiro atoms. The molecule has 0 aliphatic carbocycles. The van der Waals surface area contributed by atoms with Gasteiger partial charge in [0.25, 0.3) is 5.91 Å². The maximum absolute atomic E-state index is 13.6. The van der Waals surface area contributed by atoms with Gasteiger partial charge in [-0.05, 0) is 19.4 Å². The summed E-state index contributed by atoms with van der Waals surface area (Å²) in [5.41, 5.74) is 1.62. The van der Waals surface area contributed by atoms with Crippen molar-refractivity contribution in [1.29, 1.82) is 0 Å². The van der Waals surface area contributed by atoms with E-state index in [4.69, 9.17) is 0 Å². The zero-order chi connectivity index (χ0) is 29.7. The first-order valence-corrected chi connectivity index (χ1v) is 12.4. The molecule has 1 aliphatic heterocycles. The zero-order valence-corrected chi connectivity index (χ0v) is 21.6. The minimum absolute atomic E-state index is 0.295. The van der Waals surface area contributed by atoms with E-state index in [1.807, 2.05) is 0 Å². The smallest absolute Gasteiger partial charge is 0.345 e. The van der Waals surface area contributed by atoms with E-state index in [9.17, 15) is 40.7 Å². The highest BCUT2D eigenvalue weighted by atomic mass is 19.4. The molecular weight excluding hydrogens is 542 g/mol. The van der Waals surface area contributed by atoms with Gasteiger partial charge in [0, 0.05) is 30.5 Å². The van der Waals surface area contributed by atoms with Crippen LogP contribution < -0.4 is 15.5 Å². The maximum atomic E-state index is 13.6. The van der Waals surface area contributed by atoms with Gasteiger partial charge in [-0.1, -0.05) is 55.5 Å². The first-order valence-electron chi connectivity index (χ1n) is 12.4. The SMILES string of the molecule is CC(CC(=O)N[C@@H](C)C(=O)NC1N=C(c2ccccc2)c2ccccc2N(CCCC(F)(F)F)C1=O)C(F)(F)F. The number of halogens is 6. The molecule has 0 aromatic heterocycles. The molecule has 3 atom stereocenters. The number of aliphatic imine (C=N–C) groups is 1. The number of alkyl halides is 6. The van der Waals surface area contributed by atoms with Crippen LogP contribution in [0.3, 0.4) is 0 Å². The second kappa shape index (κ2) is 12.5. The Balaban J connectivity index is 1.90. The molecule has 13 heteroatoms. The van der Waals surface area contributed by atoms with Crippen molar-refractivity contribution in [1.82, 2.24) is 10.6 Å². The molecule has 2 N–H and O–H groups in total. The van der Waals surface area contributed by atoms with Gasteiger partial charge in [-0.3, -0.25) is 14.4 Å². The highest BCUT2D eigenvalue weighted by molar-refractivity contribution is 6.20. The summed E-state index contributed by atoms with van der Waals surface area (Å²) in [6.45, 7) is 1.74. The fourth-order valence-corrected chi connectivity index (χ4v) is 4.04. The van der Waals surface area contributed by atoms with Crippen LogP contribution in [-0.4, -0.2) is 54.5 Å². The summed E-state index contributed by atoms with van der Waals surface area (Å²) in [5.74, 6) is -4.68. The van der Waals surface area contributed by atoms with Gasteiger partial charge in [-0.25, -0.2) is 4.99 Å². The average molecular weight is 571 g/mol. The summed E-state index contributed by atoms with van der Waals surface area (Å²) >= 11 is 0. The molecule has 2 unspecified atom stereocenters. The molecule has 0 saturated carbocycles. The molecule has 40 heavy (non-hydrogen) atoms. The third-order valence-electron chi connectivity index (χ3n) is 6.20. The van der Waals surface area contributed by atoms with Crippen LogP contribution in [0.1, 0.15) is 44.2 Å². The minimum Gasteiger partial charge on any atom is -0.345 e. The molecule has 0 fully saturated rings. The van der Waals surface area contributed by atoms with Crippen molar-refractivity contribution in [3.05, 3.63) is 65.7 Å². The number of benzene rings is 2. The lowest BCUT2D eigenvalue weighted by molar-refractivity contribution is -0.174. The van der Waals surface area contributed by atoms with E-state index in [2.05, 4.69) is 15.6 Å². The summed E-state index contributed by atoms with van der Waals surface area (Å²) in [6, 6.07) is 13.8. The number of carbonyl (C=O) groups excluding carboxylic acids is 3. The molecule has 3 amide bonds. The van der Waals surface area contributed by atoms with E-state index in [1.165, 1.54) is 6.92 Å². The van der Waals surface area contributed by atoms with Crippen LogP contribution in [0.2, 0.25) is 0 Å². The van der Waals surface area contributed by atoms with Crippen molar-refractivity contribution in [2.75, 3.05) is 11.4 Å². The van der Waals surface area contributed by atoms with Crippen molar-refractivity contribution >= 4 is 29.1 Å².